The van der Waals surface area contributed by atoms with E-state index in [1.54, 1.807) is 0 Å². The molecule has 0 radical (unpaired) electrons. The minimum absolute atomic E-state index is 0.0708. The Balaban J connectivity index is 1.71. The summed E-state index contributed by atoms with van der Waals surface area (Å²) in [5.74, 6) is 0.424. The number of hydrogen-bond acceptors (Lipinski definition) is 7. The van der Waals surface area contributed by atoms with Crippen molar-refractivity contribution in [3.05, 3.63) is 16.3 Å². The van der Waals surface area contributed by atoms with Crippen LogP contribution < -0.4 is 10.6 Å². The predicted octanol–water partition coefficient (Wildman–Crippen LogP) is 1.03. The van der Waals surface area contributed by atoms with E-state index in [1.165, 1.54) is 31.9 Å². The maximum Gasteiger partial charge on any atom is 0.329 e. The first-order valence-electron chi connectivity index (χ1n) is 7.41. The minimum Gasteiger partial charge on any atom is -0.368 e. The zero-order valence-electron chi connectivity index (χ0n) is 11.9. The van der Waals surface area contributed by atoms with Crippen LogP contribution in [0.1, 0.15) is 25.7 Å². The number of rotatable bonds is 3. The third kappa shape index (κ3) is 2.90. The summed E-state index contributed by atoms with van der Waals surface area (Å²) in [6, 6.07) is 0.692. The molecule has 8 nitrogen and oxygen atoms in total. The molecule has 0 aromatic carbocycles. The molecule has 1 aromatic heterocycles. The Hall–Kier alpha value is -1.96. The van der Waals surface area contributed by atoms with Gasteiger partial charge >= 0.3 is 5.69 Å². The van der Waals surface area contributed by atoms with Crippen LogP contribution in [0.4, 0.5) is 17.5 Å². The smallest absolute Gasteiger partial charge is 0.329 e. The average Bonchev–Trinajstić information content (AvgIpc) is 3.01. The monoisotopic (exact) mass is 292 g/mol. The molecule has 1 aliphatic carbocycles. The van der Waals surface area contributed by atoms with Gasteiger partial charge in [-0.3, -0.25) is 15.0 Å². The molecule has 0 atom stereocenters. The van der Waals surface area contributed by atoms with Crippen LogP contribution >= 0.6 is 0 Å². The Kier molecular flexibility index (Phi) is 3.87. The van der Waals surface area contributed by atoms with Crippen molar-refractivity contribution in [1.29, 1.82) is 0 Å². The SMILES string of the molecule is Nc1ncc([N+](=O)[O-])c(N2CCN(C3CCCC3)CC2)n1. The summed E-state index contributed by atoms with van der Waals surface area (Å²) < 4.78 is 0. The summed E-state index contributed by atoms with van der Waals surface area (Å²) in [7, 11) is 0. The van der Waals surface area contributed by atoms with Gasteiger partial charge in [0.2, 0.25) is 11.8 Å². The van der Waals surface area contributed by atoms with Gasteiger partial charge in [0.05, 0.1) is 4.92 Å². The molecule has 8 heteroatoms. The largest absolute Gasteiger partial charge is 0.368 e. The van der Waals surface area contributed by atoms with Crippen LogP contribution in [-0.2, 0) is 0 Å². The van der Waals surface area contributed by atoms with Gasteiger partial charge in [-0.05, 0) is 12.8 Å². The number of piperazine rings is 1. The lowest BCUT2D eigenvalue weighted by Gasteiger charge is -2.38. The number of nitrogens with zero attached hydrogens (tertiary/aromatic N) is 5. The summed E-state index contributed by atoms with van der Waals surface area (Å²) in [5.41, 5.74) is 5.51. The van der Waals surface area contributed by atoms with Crippen LogP contribution in [-0.4, -0.2) is 52.0 Å². The van der Waals surface area contributed by atoms with Crippen LogP contribution in [0.3, 0.4) is 0 Å². The van der Waals surface area contributed by atoms with E-state index in [2.05, 4.69) is 14.9 Å². The van der Waals surface area contributed by atoms with Crippen LogP contribution in [0, 0.1) is 10.1 Å². The second-order valence-corrected chi connectivity index (χ2v) is 5.66. The fraction of sp³-hybridized carbons (Fsp3) is 0.692. The second-order valence-electron chi connectivity index (χ2n) is 5.66. The summed E-state index contributed by atoms with van der Waals surface area (Å²) >= 11 is 0. The third-order valence-electron chi connectivity index (χ3n) is 4.42. The first-order valence-corrected chi connectivity index (χ1v) is 7.41. The molecule has 0 spiro atoms. The molecule has 1 saturated carbocycles. The molecule has 1 aromatic rings. The molecule has 1 saturated heterocycles. The van der Waals surface area contributed by atoms with Gasteiger partial charge in [-0.1, -0.05) is 12.8 Å². The van der Waals surface area contributed by atoms with Crippen molar-refractivity contribution in [1.82, 2.24) is 14.9 Å². The lowest BCUT2D eigenvalue weighted by atomic mass is 10.2. The highest BCUT2D eigenvalue weighted by Crippen LogP contribution is 2.29. The first-order chi connectivity index (χ1) is 10.1. The quantitative estimate of drug-likeness (QED) is 0.655. The van der Waals surface area contributed by atoms with E-state index in [0.717, 1.165) is 26.2 Å². The minimum atomic E-state index is -0.446. The van der Waals surface area contributed by atoms with Crippen molar-refractivity contribution in [2.24, 2.45) is 0 Å². The molecule has 114 valence electrons. The zero-order chi connectivity index (χ0) is 14.8. The number of nitrogen functional groups attached to an aromatic ring is 1. The Morgan fingerprint density at radius 3 is 2.52 bits per heavy atom. The fourth-order valence-corrected chi connectivity index (χ4v) is 3.31. The molecule has 2 aliphatic rings. The normalized spacial score (nSPS) is 20.9. The molecule has 3 rings (SSSR count). The van der Waals surface area contributed by atoms with Crippen molar-refractivity contribution in [2.75, 3.05) is 36.8 Å². The summed E-state index contributed by atoms with van der Waals surface area (Å²) in [6.07, 6.45) is 6.39. The highest BCUT2D eigenvalue weighted by atomic mass is 16.6. The van der Waals surface area contributed by atoms with E-state index in [0.29, 0.717) is 11.9 Å². The van der Waals surface area contributed by atoms with Gasteiger partial charge in [-0.15, -0.1) is 0 Å². The molecule has 2 heterocycles. The van der Waals surface area contributed by atoms with E-state index in [4.69, 9.17) is 5.73 Å². The molecule has 2 N–H and O–H groups in total. The van der Waals surface area contributed by atoms with Crippen molar-refractivity contribution in [2.45, 2.75) is 31.7 Å². The Morgan fingerprint density at radius 2 is 1.90 bits per heavy atom. The maximum absolute atomic E-state index is 11.1. The topological polar surface area (TPSA) is 101 Å². The lowest BCUT2D eigenvalue weighted by Crippen LogP contribution is -2.50. The summed E-state index contributed by atoms with van der Waals surface area (Å²) in [5, 5.41) is 11.1. The Labute approximate surface area is 123 Å². The molecule has 0 bridgehead atoms. The number of nitrogens with two attached hydrogens (primary N) is 1. The molecular formula is C13H20N6O2. The molecule has 0 unspecified atom stereocenters. The average molecular weight is 292 g/mol. The predicted molar refractivity (Wildman–Crippen MR) is 79.1 cm³/mol. The van der Waals surface area contributed by atoms with Gasteiger partial charge in [-0.2, -0.15) is 4.98 Å². The molecular weight excluding hydrogens is 272 g/mol. The lowest BCUT2D eigenvalue weighted by molar-refractivity contribution is -0.384. The van der Waals surface area contributed by atoms with Crippen molar-refractivity contribution in [3.63, 3.8) is 0 Å². The van der Waals surface area contributed by atoms with Crippen molar-refractivity contribution < 1.29 is 4.92 Å². The van der Waals surface area contributed by atoms with Gasteiger partial charge < -0.3 is 10.6 Å². The molecule has 1 aliphatic heterocycles. The summed E-state index contributed by atoms with van der Waals surface area (Å²) in [4.78, 5) is 22.9. The van der Waals surface area contributed by atoms with Gasteiger partial charge in [0.1, 0.15) is 6.20 Å². The molecule has 21 heavy (non-hydrogen) atoms. The van der Waals surface area contributed by atoms with Crippen LogP contribution in [0.2, 0.25) is 0 Å². The third-order valence-corrected chi connectivity index (χ3v) is 4.42. The zero-order valence-corrected chi connectivity index (χ0v) is 11.9. The molecule has 2 fully saturated rings. The van der Waals surface area contributed by atoms with E-state index in [9.17, 15) is 10.1 Å². The molecule has 0 amide bonds. The van der Waals surface area contributed by atoms with Gasteiger partial charge in [0.15, 0.2) is 0 Å². The fourth-order valence-electron chi connectivity index (χ4n) is 3.31. The van der Waals surface area contributed by atoms with E-state index in [-0.39, 0.29) is 11.6 Å². The highest BCUT2D eigenvalue weighted by Gasteiger charge is 2.29. The summed E-state index contributed by atoms with van der Waals surface area (Å²) in [6.45, 7) is 3.33. The first kappa shape index (κ1) is 14.0. The van der Waals surface area contributed by atoms with E-state index < -0.39 is 4.92 Å². The van der Waals surface area contributed by atoms with Crippen molar-refractivity contribution >= 4 is 17.5 Å². The Bertz CT molecular complexity index is 523. The van der Waals surface area contributed by atoms with Gasteiger partial charge in [0.25, 0.3) is 0 Å². The number of anilines is 2. The van der Waals surface area contributed by atoms with Crippen LogP contribution in [0.5, 0.6) is 0 Å². The second kappa shape index (κ2) is 5.80. The number of aromatic nitrogens is 2. The number of hydrogen-bond donors (Lipinski definition) is 1. The van der Waals surface area contributed by atoms with Crippen LogP contribution in [0.25, 0.3) is 0 Å². The van der Waals surface area contributed by atoms with E-state index in [1.807, 2.05) is 4.90 Å². The highest BCUT2D eigenvalue weighted by molar-refractivity contribution is 5.58. The number of nitro groups is 1. The van der Waals surface area contributed by atoms with Crippen LogP contribution in [0.15, 0.2) is 6.20 Å². The van der Waals surface area contributed by atoms with E-state index >= 15 is 0 Å². The maximum atomic E-state index is 11.1. The van der Waals surface area contributed by atoms with Crippen molar-refractivity contribution in [3.8, 4) is 0 Å². The van der Waals surface area contributed by atoms with Gasteiger partial charge in [-0.25, -0.2) is 4.98 Å². The standard InChI is InChI=1S/C13H20N6O2/c14-13-15-9-11(19(20)21)12(16-13)18-7-5-17(6-8-18)10-3-1-2-4-10/h9-10H,1-8H2,(H2,14,15,16). The van der Waals surface area contributed by atoms with Gasteiger partial charge in [0, 0.05) is 32.2 Å². The Morgan fingerprint density at radius 1 is 1.24 bits per heavy atom.